The van der Waals surface area contributed by atoms with Gasteiger partial charge < -0.3 is 4.57 Å². The maximum Gasteiger partial charge on any atom is 0.238 e. The maximum atomic E-state index is 9.99. The van der Waals surface area contributed by atoms with Gasteiger partial charge in [-0.1, -0.05) is 145 Å². The van der Waals surface area contributed by atoms with Crippen LogP contribution >= 0.6 is 0 Å². The van der Waals surface area contributed by atoms with E-state index in [1.165, 1.54) is 4.57 Å². The minimum Gasteiger partial charge on any atom is -0.309 e. The van der Waals surface area contributed by atoms with Crippen LogP contribution in [-0.4, -0.2) is 24.1 Å². The smallest absolute Gasteiger partial charge is 0.238 e. The minimum atomic E-state index is -0.798. The summed E-state index contributed by atoms with van der Waals surface area (Å²) in [7, 11) is 0. The molecule has 5 nitrogen and oxygen atoms in total. The first-order valence-electron chi connectivity index (χ1n) is 27.7. The number of para-hydroxylation sites is 3. The summed E-state index contributed by atoms with van der Waals surface area (Å²) in [6.45, 7) is 0. The second-order valence-electron chi connectivity index (χ2n) is 12.8. The monoisotopic (exact) mass is 734 g/mol. The summed E-state index contributed by atoms with van der Waals surface area (Å²) in [6.07, 6.45) is 0. The van der Waals surface area contributed by atoms with Crippen molar-refractivity contribution in [1.82, 2.24) is 24.1 Å². The Hall–Kier alpha value is -7.63. The summed E-state index contributed by atoms with van der Waals surface area (Å²) in [4.78, 5) is 14.2. The van der Waals surface area contributed by atoms with Gasteiger partial charge in [0.15, 0.2) is 11.6 Å². The molecule has 5 heteroatoms. The molecule has 12 rings (SSSR count). The summed E-state index contributed by atoms with van der Waals surface area (Å²) in [5.41, 5.74) is 0.332. The van der Waals surface area contributed by atoms with Crippen LogP contribution in [0.15, 0.2) is 188 Å². The molecule has 0 saturated carbocycles. The lowest BCUT2D eigenvalue weighted by Gasteiger charge is -2.13. The Morgan fingerprint density at radius 3 is 1.50 bits per heavy atom. The molecule has 3 heterocycles. The van der Waals surface area contributed by atoms with Gasteiger partial charge in [-0.3, -0.25) is 4.57 Å². The molecule has 0 atom stereocenters. The zero-order valence-corrected chi connectivity index (χ0v) is 28.5. The molecule has 260 valence electrons. The van der Waals surface area contributed by atoms with Crippen molar-refractivity contribution in [3.63, 3.8) is 0 Å². The van der Waals surface area contributed by atoms with Gasteiger partial charge in [0.2, 0.25) is 5.95 Å². The van der Waals surface area contributed by atoms with E-state index >= 15 is 0 Å². The third-order valence-electron chi connectivity index (χ3n) is 9.88. The highest BCUT2D eigenvalue weighted by atomic mass is 15.2. The fraction of sp³-hybridized carbons (Fsp3) is 0. The predicted octanol–water partition coefficient (Wildman–Crippen LogP) is 12.9. The molecule has 0 amide bonds. The number of rotatable bonds is 4. The number of benzene rings is 9. The summed E-state index contributed by atoms with van der Waals surface area (Å²) in [5.74, 6) is -1.49. The Balaban J connectivity index is 1.27. The van der Waals surface area contributed by atoms with Crippen LogP contribution in [0, 0.1) is 0 Å². The zero-order valence-electron chi connectivity index (χ0n) is 49.5. The van der Waals surface area contributed by atoms with E-state index in [1.807, 2.05) is 12.1 Å². The van der Waals surface area contributed by atoms with Gasteiger partial charge >= 0.3 is 0 Å². The molecular weight excluding hydrogens is 683 g/mol. The molecule has 0 aliphatic rings. The highest BCUT2D eigenvalue weighted by Gasteiger charge is 2.21. The van der Waals surface area contributed by atoms with Crippen LogP contribution in [0.2, 0.25) is 0 Å². The number of nitrogens with zero attached hydrogens (tertiary/aromatic N) is 5. The fourth-order valence-electron chi connectivity index (χ4n) is 7.56. The molecule has 0 unspecified atom stereocenters. The second-order valence-corrected chi connectivity index (χ2v) is 12.8. The van der Waals surface area contributed by atoms with Gasteiger partial charge in [0.05, 0.1) is 50.9 Å². The van der Waals surface area contributed by atoms with Gasteiger partial charge in [-0.25, -0.2) is 4.98 Å². The molecule has 0 bridgehead atoms. The number of hydrogen-bond acceptors (Lipinski definition) is 3. The molecule has 0 N–H and O–H groups in total. The van der Waals surface area contributed by atoms with Crippen molar-refractivity contribution in [2.75, 3.05) is 0 Å². The molecular formula is C51H31N5. The van der Waals surface area contributed by atoms with Gasteiger partial charge in [0.25, 0.3) is 0 Å². The lowest BCUT2D eigenvalue weighted by atomic mass is 9.93. The number of fused-ring (bicyclic) bond motifs is 12. The largest absolute Gasteiger partial charge is 0.309 e. The summed E-state index contributed by atoms with van der Waals surface area (Å²) in [6, 6.07) is 3.02. The van der Waals surface area contributed by atoms with Gasteiger partial charge in [-0.2, -0.15) is 9.97 Å². The van der Waals surface area contributed by atoms with Crippen molar-refractivity contribution in [1.29, 1.82) is 0 Å². The van der Waals surface area contributed by atoms with Crippen molar-refractivity contribution in [3.05, 3.63) is 188 Å². The van der Waals surface area contributed by atoms with Crippen LogP contribution in [0.1, 0.15) is 28.8 Å². The van der Waals surface area contributed by atoms with Gasteiger partial charge in [0.1, 0.15) is 0 Å². The highest BCUT2D eigenvalue weighted by Crippen LogP contribution is 2.40. The highest BCUT2D eigenvalue weighted by molar-refractivity contribution is 6.26. The average Bonchev–Trinajstić information content (AvgIpc) is 4.12. The fourth-order valence-corrected chi connectivity index (χ4v) is 7.56. The first kappa shape index (κ1) is 16.8. The summed E-state index contributed by atoms with van der Waals surface area (Å²) < 4.78 is 190. The molecule has 56 heavy (non-hydrogen) atoms. The van der Waals surface area contributed by atoms with E-state index in [9.17, 15) is 5.48 Å². The normalized spacial score (nSPS) is 17.2. The maximum absolute atomic E-state index is 9.99. The first-order chi connectivity index (χ1) is 36.5. The molecule has 0 aliphatic heterocycles. The quantitative estimate of drug-likeness (QED) is 0.169. The van der Waals surface area contributed by atoms with Crippen LogP contribution in [0.5, 0.6) is 0 Å². The molecule has 0 saturated heterocycles. The third-order valence-corrected chi connectivity index (χ3v) is 9.88. The van der Waals surface area contributed by atoms with E-state index < -0.39 is 177 Å². The lowest BCUT2D eigenvalue weighted by molar-refractivity contribution is 0.954. The van der Waals surface area contributed by atoms with E-state index in [-0.39, 0.29) is 17.0 Å². The molecule has 9 aromatic carbocycles. The van der Waals surface area contributed by atoms with E-state index in [0.29, 0.717) is 43.6 Å². The van der Waals surface area contributed by atoms with Crippen LogP contribution < -0.4 is 0 Å². The molecule has 0 spiro atoms. The number of aromatic nitrogens is 5. The SMILES string of the molecule is [2H]c1c([2H])c([2H])c(-c2nc(-c3c([2H])c([2H])c4c5c([2H])c([2H])c([2H])c([2H])c5c5c([2H])c([2H])c([2H])c([2H])c5c4c3[2H])nc(-n3c4ccccc4c4cc5c6ccccc6n(-c6c([2H])c([2H])c([2H])c([2H])c6[2H])c5cc43)n2)c([2H])c1[2H]. The lowest BCUT2D eigenvalue weighted by Crippen LogP contribution is -2.06. The van der Waals surface area contributed by atoms with Crippen molar-refractivity contribution in [2.24, 2.45) is 0 Å². The van der Waals surface area contributed by atoms with Gasteiger partial charge in [-0.05, 0) is 74.7 Å². The Bertz CT molecular complexity index is 4680. The molecule has 12 aromatic rings. The van der Waals surface area contributed by atoms with Crippen molar-refractivity contribution in [3.8, 4) is 34.4 Å². The van der Waals surface area contributed by atoms with Gasteiger partial charge in [-0.15, -0.1) is 0 Å². The molecule has 0 aliphatic carbocycles. The van der Waals surface area contributed by atoms with Crippen molar-refractivity contribution < 1.29 is 28.8 Å². The van der Waals surface area contributed by atoms with E-state index in [2.05, 4.69) is 4.98 Å². The molecule has 3 aromatic heterocycles. The second kappa shape index (κ2) is 11.9. The first-order valence-corrected chi connectivity index (χ1v) is 17.2. The third kappa shape index (κ3) is 4.52. The van der Waals surface area contributed by atoms with Crippen LogP contribution in [0.25, 0.3) is 110 Å². The van der Waals surface area contributed by atoms with Crippen LogP contribution in [0.3, 0.4) is 0 Å². The Kier molecular flexibility index (Phi) is 3.58. The standard InChI is InChI=1S/C51H31N5/c1-3-15-32(16-4-1)49-52-50(33-27-28-39-37-21-8-7-19-35(37)36-20-9-10-22-38(36)42(39)29-33)54-51(53-49)56-46-26-14-12-24-41(46)44-30-43-40-23-11-13-25-45(40)55(47(43)31-48(44)56)34-17-5-2-6-18-34/h1-31H/i1D,2D,3D,4D,5D,6D,7D,8D,9D,10D,15D,16D,17D,18D,19D,20D,21D,22D,27D,28D,29D. The predicted molar refractivity (Wildman–Crippen MR) is 232 cm³/mol. The van der Waals surface area contributed by atoms with Gasteiger partial charge in [0, 0.05) is 38.4 Å². The molecule has 0 fully saturated rings. The van der Waals surface area contributed by atoms with E-state index in [1.54, 1.807) is 53.1 Å². The minimum absolute atomic E-state index is 0.149. The Morgan fingerprint density at radius 1 is 0.357 bits per heavy atom. The topological polar surface area (TPSA) is 48.5 Å². The van der Waals surface area contributed by atoms with E-state index in [0.717, 1.165) is 0 Å². The Labute approximate surface area is 350 Å². The Morgan fingerprint density at radius 2 is 0.857 bits per heavy atom. The van der Waals surface area contributed by atoms with Crippen LogP contribution in [0.4, 0.5) is 0 Å². The zero-order chi connectivity index (χ0) is 55.0. The average molecular weight is 735 g/mol. The van der Waals surface area contributed by atoms with E-state index in [4.69, 9.17) is 33.3 Å². The van der Waals surface area contributed by atoms with Crippen molar-refractivity contribution >= 4 is 75.9 Å². The van der Waals surface area contributed by atoms with Crippen LogP contribution in [-0.2, 0) is 0 Å². The summed E-state index contributed by atoms with van der Waals surface area (Å²) in [5, 5.41) is 0.0388. The molecule has 0 radical (unpaired) electrons. The van der Waals surface area contributed by atoms with Crippen molar-refractivity contribution in [2.45, 2.75) is 0 Å². The number of hydrogen-bond donors (Lipinski definition) is 0. The summed E-state index contributed by atoms with van der Waals surface area (Å²) >= 11 is 0.